The molecule has 0 aromatic rings. The molecular formula is C15H31NO. The topological polar surface area (TPSA) is 21.3 Å². The van der Waals surface area contributed by atoms with Crippen molar-refractivity contribution in [1.82, 2.24) is 5.32 Å². The summed E-state index contributed by atoms with van der Waals surface area (Å²) >= 11 is 0. The zero-order valence-electron chi connectivity index (χ0n) is 11.8. The molecule has 0 radical (unpaired) electrons. The van der Waals surface area contributed by atoms with Gasteiger partial charge in [0.1, 0.15) is 0 Å². The van der Waals surface area contributed by atoms with E-state index in [2.05, 4.69) is 19.2 Å². The van der Waals surface area contributed by atoms with Gasteiger partial charge < -0.3 is 10.1 Å². The fourth-order valence-electron chi connectivity index (χ4n) is 2.68. The summed E-state index contributed by atoms with van der Waals surface area (Å²) in [5.74, 6) is 0.896. The first-order valence-corrected chi connectivity index (χ1v) is 7.65. The van der Waals surface area contributed by atoms with E-state index >= 15 is 0 Å². The van der Waals surface area contributed by atoms with Crippen molar-refractivity contribution in [2.75, 3.05) is 19.8 Å². The van der Waals surface area contributed by atoms with E-state index in [4.69, 9.17) is 4.74 Å². The number of hydrogen-bond acceptors (Lipinski definition) is 2. The highest BCUT2D eigenvalue weighted by atomic mass is 16.5. The first-order valence-electron chi connectivity index (χ1n) is 7.65. The molecule has 1 saturated carbocycles. The van der Waals surface area contributed by atoms with Crippen molar-refractivity contribution in [2.24, 2.45) is 5.92 Å². The van der Waals surface area contributed by atoms with E-state index in [1.165, 1.54) is 51.4 Å². The van der Waals surface area contributed by atoms with E-state index in [-0.39, 0.29) is 0 Å². The lowest BCUT2D eigenvalue weighted by atomic mass is 9.93. The Balaban J connectivity index is 2.01. The Morgan fingerprint density at radius 3 is 2.47 bits per heavy atom. The predicted molar refractivity (Wildman–Crippen MR) is 74.4 cm³/mol. The number of ether oxygens (including phenoxy) is 1. The van der Waals surface area contributed by atoms with E-state index in [1.54, 1.807) is 0 Å². The Labute approximate surface area is 108 Å². The van der Waals surface area contributed by atoms with Crippen LogP contribution >= 0.6 is 0 Å². The Bertz CT molecular complexity index is 164. The molecule has 1 N–H and O–H groups in total. The zero-order valence-corrected chi connectivity index (χ0v) is 11.8. The molecule has 1 rings (SSSR count). The van der Waals surface area contributed by atoms with Gasteiger partial charge in [0, 0.05) is 19.2 Å². The van der Waals surface area contributed by atoms with Crippen LogP contribution in [0.4, 0.5) is 0 Å². The van der Waals surface area contributed by atoms with Crippen LogP contribution in [-0.2, 0) is 4.74 Å². The van der Waals surface area contributed by atoms with E-state index in [1.807, 2.05) is 0 Å². The van der Waals surface area contributed by atoms with E-state index < -0.39 is 0 Å². The summed E-state index contributed by atoms with van der Waals surface area (Å²) in [6, 6.07) is 0.669. The van der Waals surface area contributed by atoms with Gasteiger partial charge in [0.05, 0.1) is 6.61 Å². The van der Waals surface area contributed by atoms with Crippen molar-refractivity contribution in [3.8, 4) is 0 Å². The monoisotopic (exact) mass is 241 g/mol. The first kappa shape index (κ1) is 15.0. The normalized spacial score (nSPS) is 20.1. The fourth-order valence-corrected chi connectivity index (χ4v) is 2.68. The third kappa shape index (κ3) is 7.05. The minimum Gasteiger partial charge on any atom is -0.380 e. The van der Waals surface area contributed by atoms with Crippen LogP contribution in [0.2, 0.25) is 0 Å². The molecule has 0 aliphatic heterocycles. The van der Waals surface area contributed by atoms with Crippen LogP contribution in [0, 0.1) is 5.92 Å². The van der Waals surface area contributed by atoms with Crippen molar-refractivity contribution in [2.45, 2.75) is 71.3 Å². The first-order chi connectivity index (χ1) is 8.34. The van der Waals surface area contributed by atoms with Crippen LogP contribution in [0.3, 0.4) is 0 Å². The highest BCUT2D eigenvalue weighted by Crippen LogP contribution is 2.25. The summed E-state index contributed by atoms with van der Waals surface area (Å²) in [5.41, 5.74) is 0. The van der Waals surface area contributed by atoms with Gasteiger partial charge in [0.15, 0.2) is 0 Å². The largest absolute Gasteiger partial charge is 0.380 e. The van der Waals surface area contributed by atoms with Crippen molar-refractivity contribution >= 4 is 0 Å². The average molecular weight is 241 g/mol. The summed E-state index contributed by atoms with van der Waals surface area (Å²) in [6.45, 7) is 7.37. The minimum absolute atomic E-state index is 0.669. The molecule has 0 aromatic carbocycles. The van der Waals surface area contributed by atoms with Crippen molar-refractivity contribution in [1.29, 1.82) is 0 Å². The number of rotatable bonds is 8. The van der Waals surface area contributed by atoms with E-state index in [0.717, 1.165) is 25.7 Å². The quantitative estimate of drug-likeness (QED) is 0.516. The molecule has 102 valence electrons. The Hall–Kier alpha value is -0.0800. The van der Waals surface area contributed by atoms with Crippen molar-refractivity contribution < 1.29 is 4.74 Å². The summed E-state index contributed by atoms with van der Waals surface area (Å²) < 4.78 is 5.57. The smallest absolute Gasteiger partial charge is 0.0590 e. The number of unbranched alkanes of at least 4 members (excludes halogenated alkanes) is 1. The van der Waals surface area contributed by atoms with Crippen LogP contribution in [-0.4, -0.2) is 25.8 Å². The molecule has 1 aliphatic rings. The third-order valence-corrected chi connectivity index (χ3v) is 3.96. The Kier molecular flexibility index (Phi) is 8.72. The summed E-state index contributed by atoms with van der Waals surface area (Å²) in [5, 5.41) is 3.63. The average Bonchev–Trinajstić information content (AvgIpc) is 2.62. The van der Waals surface area contributed by atoms with E-state index in [9.17, 15) is 0 Å². The van der Waals surface area contributed by atoms with Crippen LogP contribution in [0.15, 0.2) is 0 Å². The van der Waals surface area contributed by atoms with Crippen LogP contribution in [0.5, 0.6) is 0 Å². The zero-order chi connectivity index (χ0) is 12.3. The lowest BCUT2D eigenvalue weighted by molar-refractivity contribution is 0.128. The van der Waals surface area contributed by atoms with Gasteiger partial charge in [-0.1, -0.05) is 39.0 Å². The van der Waals surface area contributed by atoms with Gasteiger partial charge in [0.2, 0.25) is 0 Å². The molecule has 1 aliphatic carbocycles. The second-order valence-electron chi connectivity index (χ2n) is 5.46. The van der Waals surface area contributed by atoms with Crippen molar-refractivity contribution in [3.63, 3.8) is 0 Å². The van der Waals surface area contributed by atoms with Gasteiger partial charge in [-0.15, -0.1) is 0 Å². The number of hydrogen-bond donors (Lipinski definition) is 1. The van der Waals surface area contributed by atoms with Crippen LogP contribution < -0.4 is 5.32 Å². The minimum atomic E-state index is 0.669. The molecule has 0 saturated heterocycles. The lowest BCUT2D eigenvalue weighted by Crippen LogP contribution is -2.35. The molecule has 2 heteroatoms. The maximum absolute atomic E-state index is 5.57. The molecule has 1 atom stereocenters. The molecule has 0 unspecified atom stereocenters. The third-order valence-electron chi connectivity index (χ3n) is 3.96. The Morgan fingerprint density at radius 2 is 1.82 bits per heavy atom. The van der Waals surface area contributed by atoms with Crippen LogP contribution in [0.25, 0.3) is 0 Å². The Morgan fingerprint density at radius 1 is 1.12 bits per heavy atom. The highest BCUT2D eigenvalue weighted by Gasteiger charge is 2.18. The second-order valence-corrected chi connectivity index (χ2v) is 5.46. The van der Waals surface area contributed by atoms with Crippen LogP contribution in [0.1, 0.15) is 65.2 Å². The second kappa shape index (κ2) is 9.90. The van der Waals surface area contributed by atoms with Gasteiger partial charge in [-0.05, 0) is 32.1 Å². The molecule has 0 spiro atoms. The maximum atomic E-state index is 5.57. The predicted octanol–water partition coefficient (Wildman–Crippen LogP) is 3.75. The molecule has 2 nitrogen and oxygen atoms in total. The molecule has 0 amide bonds. The van der Waals surface area contributed by atoms with E-state index in [0.29, 0.717) is 6.04 Å². The number of nitrogens with one attached hydrogen (secondary N) is 1. The SMILES string of the molecule is CCCCOCCN[C@H](C)C1CCCCCC1. The van der Waals surface area contributed by atoms with Crippen molar-refractivity contribution in [3.05, 3.63) is 0 Å². The molecule has 0 heterocycles. The molecule has 0 aromatic heterocycles. The highest BCUT2D eigenvalue weighted by molar-refractivity contribution is 4.74. The van der Waals surface area contributed by atoms with Gasteiger partial charge in [-0.3, -0.25) is 0 Å². The molecule has 1 fully saturated rings. The standard InChI is InChI=1S/C15H31NO/c1-3-4-12-17-13-11-16-14(2)15-9-7-5-6-8-10-15/h14-16H,3-13H2,1-2H3/t14-/m1/s1. The molecule has 0 bridgehead atoms. The summed E-state index contributed by atoms with van der Waals surface area (Å²) in [6.07, 6.45) is 11.0. The fraction of sp³-hybridized carbons (Fsp3) is 1.00. The van der Waals surface area contributed by atoms with Gasteiger partial charge >= 0.3 is 0 Å². The molecule has 17 heavy (non-hydrogen) atoms. The van der Waals surface area contributed by atoms with Gasteiger partial charge in [-0.25, -0.2) is 0 Å². The van der Waals surface area contributed by atoms with Gasteiger partial charge in [0.25, 0.3) is 0 Å². The lowest BCUT2D eigenvalue weighted by Gasteiger charge is -2.23. The van der Waals surface area contributed by atoms with Gasteiger partial charge in [-0.2, -0.15) is 0 Å². The summed E-state index contributed by atoms with van der Waals surface area (Å²) in [7, 11) is 0. The molecular weight excluding hydrogens is 210 g/mol. The summed E-state index contributed by atoms with van der Waals surface area (Å²) in [4.78, 5) is 0. The maximum Gasteiger partial charge on any atom is 0.0590 e.